The van der Waals surface area contributed by atoms with Gasteiger partial charge in [0.05, 0.1) is 0 Å². The van der Waals surface area contributed by atoms with E-state index in [0.717, 1.165) is 31.9 Å². The second kappa shape index (κ2) is 15.7. The van der Waals surface area contributed by atoms with Gasteiger partial charge in [-0.25, -0.2) is 14.4 Å². The van der Waals surface area contributed by atoms with Crippen LogP contribution in [0.3, 0.4) is 0 Å². The third-order valence-corrected chi connectivity index (χ3v) is 6.01. The number of aromatic amines is 3. The molecule has 252 valence electrons. The van der Waals surface area contributed by atoms with Gasteiger partial charge in [0.25, 0.3) is 16.7 Å². The highest BCUT2D eigenvalue weighted by molar-refractivity contribution is 5.78. The number of nitrogens with zero attached hydrogens (tertiary/aromatic N) is 6. The monoisotopic (exact) mass is 669 g/mol. The molecule has 0 spiro atoms. The molecule has 0 atom stereocenters. The molecule has 4 heterocycles. The Bertz CT molecular complexity index is 1910. The van der Waals surface area contributed by atoms with E-state index in [0.29, 0.717) is 0 Å². The minimum absolute atomic E-state index is 0.0750. The first-order valence-electron chi connectivity index (χ1n) is 13.7. The van der Waals surface area contributed by atoms with Gasteiger partial charge in [-0.15, -0.1) is 0 Å². The minimum atomic E-state index is -0.701. The zero-order chi connectivity index (χ0) is 34.6. The number of hydrogen-bond acceptors (Lipinski definition) is 15. The van der Waals surface area contributed by atoms with Gasteiger partial charge in [0.15, 0.2) is 0 Å². The first-order valence-corrected chi connectivity index (χ1v) is 13.7. The van der Waals surface area contributed by atoms with Crippen molar-refractivity contribution in [3.8, 4) is 0 Å². The fourth-order valence-electron chi connectivity index (χ4n) is 3.63. The van der Waals surface area contributed by atoms with Gasteiger partial charge >= 0.3 is 17.1 Å². The Labute approximate surface area is 264 Å². The van der Waals surface area contributed by atoms with Crippen LogP contribution in [0.2, 0.25) is 0 Å². The van der Waals surface area contributed by atoms with Crippen LogP contribution in [0.5, 0.6) is 0 Å². The maximum Gasteiger partial charge on any atom is 0.328 e. The molecule has 4 aromatic heterocycles. The molecule has 0 aliphatic heterocycles. The number of H-pyrrole nitrogens is 3. The number of hydrogen-bond donors (Lipinski definition) is 9. The van der Waals surface area contributed by atoms with E-state index in [2.05, 4.69) is 62.5 Å². The van der Waals surface area contributed by atoms with Crippen molar-refractivity contribution in [3.63, 3.8) is 0 Å². The lowest BCUT2D eigenvalue weighted by atomic mass is 10.4. The molecule has 24 heteroatoms. The number of carbonyl (C=O) groups is 3. The maximum absolute atomic E-state index is 12.4. The predicted octanol–water partition coefficient (Wildman–Crippen LogP) is -4.98. The summed E-state index contributed by atoms with van der Waals surface area (Å²) in [4.78, 5) is 124. The van der Waals surface area contributed by atoms with Gasteiger partial charge in [0.1, 0.15) is 0 Å². The van der Waals surface area contributed by atoms with Gasteiger partial charge in [0.2, 0.25) is 35.6 Å². The molecule has 9 N–H and O–H groups in total. The molecule has 0 saturated carbocycles. The van der Waals surface area contributed by atoms with Gasteiger partial charge in [0, 0.05) is 75.7 Å². The molecule has 0 saturated heterocycles. The van der Waals surface area contributed by atoms with Gasteiger partial charge in [-0.3, -0.25) is 76.3 Å². The molecule has 0 aliphatic rings. The van der Waals surface area contributed by atoms with E-state index in [-0.39, 0.29) is 56.7 Å². The molecule has 0 bridgehead atoms. The number of anilines is 3. The van der Waals surface area contributed by atoms with Gasteiger partial charge < -0.3 is 13.7 Å². The molecule has 0 fully saturated rings. The van der Waals surface area contributed by atoms with Gasteiger partial charge in [-0.1, -0.05) is 0 Å². The Morgan fingerprint density at radius 2 is 0.771 bits per heavy atom. The minimum Gasteiger partial charge on any atom is -0.300 e. The summed E-state index contributed by atoms with van der Waals surface area (Å²) >= 11 is 0. The lowest BCUT2D eigenvalue weighted by Gasteiger charge is -2.13. The molecule has 4 aromatic rings. The maximum atomic E-state index is 12.4. The summed E-state index contributed by atoms with van der Waals surface area (Å²) in [5.41, 5.74) is 10.3. The molecule has 48 heavy (non-hydrogen) atoms. The summed E-state index contributed by atoms with van der Waals surface area (Å²) in [6.45, 7) is -0.225. The highest BCUT2D eigenvalue weighted by atomic mass is 16.2. The Hall–Kier alpha value is -7.14. The Morgan fingerprint density at radius 1 is 0.500 bits per heavy atom. The van der Waals surface area contributed by atoms with Crippen LogP contribution in [0.25, 0.3) is 0 Å². The van der Waals surface area contributed by atoms with Gasteiger partial charge in [-0.05, 0) is 0 Å². The second-order valence-corrected chi connectivity index (χ2v) is 9.49. The van der Waals surface area contributed by atoms with Crippen LogP contribution in [0.1, 0.15) is 19.3 Å². The first kappa shape index (κ1) is 33.7. The number of carbonyl (C=O) groups excluding carboxylic acids is 3. The van der Waals surface area contributed by atoms with Crippen molar-refractivity contribution in [1.29, 1.82) is 0 Å². The van der Waals surface area contributed by atoms with Crippen molar-refractivity contribution in [2.75, 3.05) is 16.3 Å². The lowest BCUT2D eigenvalue weighted by molar-refractivity contribution is -0.121. The molecule has 0 aromatic carbocycles. The van der Waals surface area contributed by atoms with E-state index in [9.17, 15) is 43.2 Å². The standard InChI is InChI=1S/C24H27N15O9/c40-13-1-7-37(22(46)25-13)10-4-16(43)31-34-19-28-20(35-32-17(44)5-11-38-8-2-14(41)26-23(38)47)30-21(29-19)36-33-18(45)6-12-39-9-3-15(42)27-24(39)48/h1-3,7-9H,4-6,10-12H2,(H,31,43)(H,32,44)(H,33,45)(H,25,40,46)(H,26,41,47)(H,27,42,48)(H3,28,29,30,34,35,36). The summed E-state index contributed by atoms with van der Waals surface area (Å²) in [5, 5.41) is 0. The zero-order valence-electron chi connectivity index (χ0n) is 24.6. The molecule has 24 nitrogen and oxygen atoms in total. The topological polar surface area (TPSA) is 327 Å². The summed E-state index contributed by atoms with van der Waals surface area (Å²) in [7, 11) is 0. The van der Waals surface area contributed by atoms with Crippen molar-refractivity contribution in [3.05, 3.63) is 99.3 Å². The average Bonchev–Trinajstić information content (AvgIpc) is 3.04. The van der Waals surface area contributed by atoms with Crippen LogP contribution in [0.4, 0.5) is 17.8 Å². The molecular formula is C24H27N15O9. The van der Waals surface area contributed by atoms with E-state index in [4.69, 9.17) is 0 Å². The number of amides is 3. The fraction of sp³-hybridized carbons (Fsp3) is 0.250. The number of aryl methyl sites for hydroxylation is 3. The third-order valence-electron chi connectivity index (χ3n) is 6.01. The van der Waals surface area contributed by atoms with E-state index in [1.165, 1.54) is 18.6 Å². The highest BCUT2D eigenvalue weighted by Crippen LogP contribution is 2.07. The van der Waals surface area contributed by atoms with E-state index in [1.807, 2.05) is 0 Å². The smallest absolute Gasteiger partial charge is 0.300 e. The van der Waals surface area contributed by atoms with E-state index < -0.39 is 51.5 Å². The molecule has 4 rings (SSSR count). The highest BCUT2D eigenvalue weighted by Gasteiger charge is 2.12. The number of rotatable bonds is 15. The lowest BCUT2D eigenvalue weighted by Crippen LogP contribution is -2.36. The largest absolute Gasteiger partial charge is 0.328 e. The van der Waals surface area contributed by atoms with Crippen molar-refractivity contribution in [1.82, 2.24) is 59.9 Å². The predicted molar refractivity (Wildman–Crippen MR) is 163 cm³/mol. The first-order chi connectivity index (χ1) is 22.9. The van der Waals surface area contributed by atoms with Crippen LogP contribution in [-0.4, -0.2) is 61.3 Å². The quantitative estimate of drug-likeness (QED) is 0.0535. The Balaban J connectivity index is 1.37. The Morgan fingerprint density at radius 3 is 1.02 bits per heavy atom. The fourth-order valence-corrected chi connectivity index (χ4v) is 3.63. The SMILES string of the molecule is O=C(CCn1ccc(=O)[nH]c1=O)NNc1nc(NNC(=O)CCn2ccc(=O)[nH]c2=O)nc(NNC(=O)CCn2ccc(=O)[nH]c2=O)n1. The van der Waals surface area contributed by atoms with Crippen molar-refractivity contribution in [2.45, 2.75) is 38.9 Å². The van der Waals surface area contributed by atoms with Crippen LogP contribution in [-0.2, 0) is 34.0 Å². The van der Waals surface area contributed by atoms with Crippen LogP contribution in [0.15, 0.2) is 65.6 Å². The molecule has 0 unspecified atom stereocenters. The number of hydrazine groups is 3. The number of aromatic nitrogens is 9. The summed E-state index contributed by atoms with van der Waals surface area (Å²) < 4.78 is 3.33. The van der Waals surface area contributed by atoms with E-state index >= 15 is 0 Å². The van der Waals surface area contributed by atoms with Crippen molar-refractivity contribution in [2.24, 2.45) is 0 Å². The second-order valence-electron chi connectivity index (χ2n) is 9.49. The van der Waals surface area contributed by atoms with Crippen molar-refractivity contribution < 1.29 is 14.4 Å². The normalized spacial score (nSPS) is 10.5. The van der Waals surface area contributed by atoms with E-state index in [1.54, 1.807) is 0 Å². The zero-order valence-corrected chi connectivity index (χ0v) is 24.6. The summed E-state index contributed by atoms with van der Waals surface area (Å²) in [5.74, 6) is -2.70. The molecule has 0 aliphatic carbocycles. The van der Waals surface area contributed by atoms with Crippen LogP contribution < -0.4 is 66.3 Å². The summed E-state index contributed by atoms with van der Waals surface area (Å²) in [6.07, 6.45) is 3.06. The molecular weight excluding hydrogens is 642 g/mol. The average molecular weight is 670 g/mol. The molecule has 0 radical (unpaired) electrons. The third kappa shape index (κ3) is 10.2. The van der Waals surface area contributed by atoms with Gasteiger partial charge in [-0.2, -0.15) is 15.0 Å². The van der Waals surface area contributed by atoms with Crippen LogP contribution in [0, 0.1) is 0 Å². The molecule has 3 amide bonds. The van der Waals surface area contributed by atoms with Crippen LogP contribution >= 0.6 is 0 Å². The number of nitrogens with one attached hydrogen (secondary N) is 9. The van der Waals surface area contributed by atoms with Crippen molar-refractivity contribution >= 4 is 35.6 Å². The Kier molecular flexibility index (Phi) is 11.1. The summed E-state index contributed by atoms with van der Waals surface area (Å²) in [6, 6.07) is 3.36.